The van der Waals surface area contributed by atoms with E-state index in [1.807, 2.05) is 37.4 Å². The summed E-state index contributed by atoms with van der Waals surface area (Å²) in [5, 5.41) is 3.13. The molecule has 4 saturated carbocycles. The normalized spacial score (nSPS) is 36.9. The van der Waals surface area contributed by atoms with Crippen molar-refractivity contribution < 1.29 is 14.3 Å². The average Bonchev–Trinajstić information content (AvgIpc) is 2.62. The van der Waals surface area contributed by atoms with Crippen molar-refractivity contribution in [2.75, 3.05) is 13.7 Å². The molecule has 4 aliphatic carbocycles. The minimum absolute atomic E-state index is 0.0610. The molecule has 1 atom stereocenters. The Bertz CT molecular complexity index is 587. The van der Waals surface area contributed by atoms with Gasteiger partial charge in [-0.3, -0.25) is 4.79 Å². The number of amides is 1. The molecule has 0 heterocycles. The van der Waals surface area contributed by atoms with Gasteiger partial charge in [0.25, 0.3) is 5.91 Å². The molecule has 0 aliphatic heterocycles. The zero-order valence-corrected chi connectivity index (χ0v) is 15.2. The van der Waals surface area contributed by atoms with Gasteiger partial charge in [0.15, 0.2) is 6.10 Å². The highest BCUT2D eigenvalue weighted by Crippen LogP contribution is 2.59. The van der Waals surface area contributed by atoms with E-state index in [2.05, 4.69) is 5.32 Å². The summed E-state index contributed by atoms with van der Waals surface area (Å²) in [6, 6.07) is 9.51. The van der Waals surface area contributed by atoms with Crippen molar-refractivity contribution in [2.45, 2.75) is 50.7 Å². The Labute approximate surface area is 150 Å². The Balaban J connectivity index is 1.38. The summed E-state index contributed by atoms with van der Waals surface area (Å²) < 4.78 is 11.9. The van der Waals surface area contributed by atoms with Crippen LogP contribution in [0.15, 0.2) is 30.3 Å². The Morgan fingerprint density at radius 2 is 1.72 bits per heavy atom. The van der Waals surface area contributed by atoms with Crippen LogP contribution < -0.4 is 10.1 Å². The van der Waals surface area contributed by atoms with Crippen LogP contribution >= 0.6 is 0 Å². The van der Waals surface area contributed by atoms with Crippen molar-refractivity contribution in [3.8, 4) is 5.75 Å². The SMILES string of the molecule is COC1(CNC(=O)[C@H](C)Oc2ccccc2)C2CC3CC(C2)CC1C3. The number of rotatable bonds is 6. The summed E-state index contributed by atoms with van der Waals surface area (Å²) in [5.41, 5.74) is -0.171. The first kappa shape index (κ1) is 16.9. The van der Waals surface area contributed by atoms with E-state index in [0.29, 0.717) is 18.4 Å². The molecule has 0 unspecified atom stereocenters. The van der Waals surface area contributed by atoms with Crippen LogP contribution in [0.5, 0.6) is 5.75 Å². The van der Waals surface area contributed by atoms with E-state index in [9.17, 15) is 4.79 Å². The van der Waals surface area contributed by atoms with Crippen LogP contribution in [0.2, 0.25) is 0 Å². The monoisotopic (exact) mass is 343 g/mol. The van der Waals surface area contributed by atoms with Crippen LogP contribution in [-0.2, 0) is 9.53 Å². The van der Waals surface area contributed by atoms with E-state index in [0.717, 1.165) is 17.6 Å². The van der Waals surface area contributed by atoms with Gasteiger partial charge in [0.2, 0.25) is 0 Å². The molecule has 1 N–H and O–H groups in total. The van der Waals surface area contributed by atoms with Crippen LogP contribution in [0.1, 0.15) is 39.0 Å². The number of hydrogen-bond acceptors (Lipinski definition) is 3. The zero-order valence-electron chi connectivity index (χ0n) is 15.2. The Morgan fingerprint density at radius 1 is 1.12 bits per heavy atom. The molecule has 0 radical (unpaired) electrons. The van der Waals surface area contributed by atoms with Gasteiger partial charge in [-0.15, -0.1) is 0 Å². The highest BCUT2D eigenvalue weighted by Gasteiger charge is 2.57. The van der Waals surface area contributed by atoms with E-state index in [4.69, 9.17) is 9.47 Å². The molecule has 0 aromatic heterocycles. The van der Waals surface area contributed by atoms with Gasteiger partial charge in [-0.25, -0.2) is 0 Å². The quantitative estimate of drug-likeness (QED) is 0.861. The first-order valence-corrected chi connectivity index (χ1v) is 9.65. The highest BCUT2D eigenvalue weighted by atomic mass is 16.5. The number of nitrogens with one attached hydrogen (secondary N) is 1. The van der Waals surface area contributed by atoms with Crippen molar-refractivity contribution in [1.82, 2.24) is 5.32 Å². The molecule has 25 heavy (non-hydrogen) atoms. The minimum atomic E-state index is -0.506. The highest BCUT2D eigenvalue weighted by molar-refractivity contribution is 5.80. The fourth-order valence-corrected chi connectivity index (χ4v) is 5.80. The summed E-state index contributed by atoms with van der Waals surface area (Å²) in [7, 11) is 1.83. The van der Waals surface area contributed by atoms with Crippen LogP contribution in [0, 0.1) is 23.7 Å². The molecule has 136 valence electrons. The number of carbonyl (C=O) groups is 1. The maximum absolute atomic E-state index is 12.5. The van der Waals surface area contributed by atoms with Gasteiger partial charge in [-0.2, -0.15) is 0 Å². The number of hydrogen-bond donors (Lipinski definition) is 1. The topological polar surface area (TPSA) is 47.6 Å². The summed E-state index contributed by atoms with van der Waals surface area (Å²) in [6.45, 7) is 2.41. The standard InChI is InChI=1S/C21H29NO3/c1-14(25-19-6-4-3-5-7-19)20(23)22-13-21(24-2)17-9-15-8-16(11-17)12-18(21)10-15/h3-7,14-18H,8-13H2,1-2H3,(H,22,23)/t14-,15?,16?,17?,18?,21?/m0/s1. The Morgan fingerprint density at radius 3 is 2.28 bits per heavy atom. The Hall–Kier alpha value is -1.55. The van der Waals surface area contributed by atoms with Crippen molar-refractivity contribution in [1.29, 1.82) is 0 Å². The predicted molar refractivity (Wildman–Crippen MR) is 96.3 cm³/mol. The third kappa shape index (κ3) is 3.05. The molecule has 4 nitrogen and oxygen atoms in total. The van der Waals surface area contributed by atoms with E-state index in [-0.39, 0.29) is 11.5 Å². The molecule has 4 bridgehead atoms. The molecular formula is C21H29NO3. The number of para-hydroxylation sites is 1. The van der Waals surface area contributed by atoms with E-state index >= 15 is 0 Å². The molecule has 5 rings (SSSR count). The van der Waals surface area contributed by atoms with Gasteiger partial charge in [-0.05, 0) is 74.8 Å². The summed E-state index contributed by atoms with van der Waals surface area (Å²) in [6.07, 6.45) is 5.99. The van der Waals surface area contributed by atoms with Gasteiger partial charge in [0.1, 0.15) is 5.75 Å². The molecule has 4 fully saturated rings. The van der Waals surface area contributed by atoms with E-state index < -0.39 is 6.10 Å². The molecule has 1 aromatic rings. The molecule has 4 aliphatic rings. The number of methoxy groups -OCH3 is 1. The smallest absolute Gasteiger partial charge is 0.260 e. The van der Waals surface area contributed by atoms with Crippen LogP contribution in [0.3, 0.4) is 0 Å². The van der Waals surface area contributed by atoms with Crippen molar-refractivity contribution >= 4 is 5.91 Å². The Kier molecular flexibility index (Phi) is 4.48. The third-order valence-electron chi connectivity index (χ3n) is 6.86. The molecule has 0 saturated heterocycles. The van der Waals surface area contributed by atoms with Gasteiger partial charge < -0.3 is 14.8 Å². The minimum Gasteiger partial charge on any atom is -0.481 e. The summed E-state index contributed by atoms with van der Waals surface area (Å²) >= 11 is 0. The largest absolute Gasteiger partial charge is 0.481 e. The maximum atomic E-state index is 12.5. The summed E-state index contributed by atoms with van der Waals surface area (Å²) in [5.74, 6) is 3.64. The number of ether oxygens (including phenoxy) is 2. The molecule has 1 amide bonds. The fraction of sp³-hybridized carbons (Fsp3) is 0.667. The second-order valence-electron chi connectivity index (χ2n) is 8.25. The predicted octanol–water partition coefficient (Wildman–Crippen LogP) is 3.41. The molecule has 4 heteroatoms. The summed E-state index contributed by atoms with van der Waals surface area (Å²) in [4.78, 5) is 12.5. The van der Waals surface area contributed by atoms with Gasteiger partial charge in [-0.1, -0.05) is 18.2 Å². The van der Waals surface area contributed by atoms with Crippen LogP contribution in [-0.4, -0.2) is 31.3 Å². The first-order valence-electron chi connectivity index (χ1n) is 9.65. The van der Waals surface area contributed by atoms with Crippen LogP contribution in [0.4, 0.5) is 0 Å². The van der Waals surface area contributed by atoms with Crippen molar-refractivity contribution in [3.05, 3.63) is 30.3 Å². The zero-order chi connectivity index (χ0) is 17.4. The fourth-order valence-electron chi connectivity index (χ4n) is 5.80. The third-order valence-corrected chi connectivity index (χ3v) is 6.86. The lowest BCUT2D eigenvalue weighted by atomic mass is 9.49. The lowest BCUT2D eigenvalue weighted by molar-refractivity contribution is -0.188. The lowest BCUT2D eigenvalue weighted by Gasteiger charge is -2.60. The van der Waals surface area contributed by atoms with E-state index in [1.165, 1.54) is 32.1 Å². The van der Waals surface area contributed by atoms with Gasteiger partial charge in [0.05, 0.1) is 5.60 Å². The van der Waals surface area contributed by atoms with Crippen molar-refractivity contribution in [2.24, 2.45) is 23.7 Å². The maximum Gasteiger partial charge on any atom is 0.260 e. The molecule has 1 aromatic carbocycles. The van der Waals surface area contributed by atoms with Crippen molar-refractivity contribution in [3.63, 3.8) is 0 Å². The molecule has 0 spiro atoms. The van der Waals surface area contributed by atoms with E-state index in [1.54, 1.807) is 6.92 Å². The lowest BCUT2D eigenvalue weighted by Crippen LogP contribution is -2.63. The second-order valence-corrected chi connectivity index (χ2v) is 8.25. The van der Waals surface area contributed by atoms with Gasteiger partial charge >= 0.3 is 0 Å². The number of carbonyl (C=O) groups excluding carboxylic acids is 1. The van der Waals surface area contributed by atoms with Crippen LogP contribution in [0.25, 0.3) is 0 Å². The average molecular weight is 343 g/mol. The molecular weight excluding hydrogens is 314 g/mol. The number of benzene rings is 1. The van der Waals surface area contributed by atoms with Gasteiger partial charge in [0, 0.05) is 13.7 Å². The second kappa shape index (κ2) is 6.64. The first-order chi connectivity index (χ1) is 12.1.